The number of nitrogens with one attached hydrogen (secondary N) is 2. The third-order valence-electron chi connectivity index (χ3n) is 2.84. The monoisotopic (exact) mass is 422 g/mol. The van der Waals surface area contributed by atoms with Crippen LogP contribution in [0, 0.1) is 5.92 Å². The molecule has 0 spiro atoms. The zero-order chi connectivity index (χ0) is 15.3. The van der Waals surface area contributed by atoms with E-state index in [1.807, 2.05) is 12.1 Å². The standard InChI is InChI=1S/C16H30N4O.HI/c1-4-17-16(18-8-7-13-21-14-15(2)3)19-9-12-20-10-5-6-11-20;/h5-6,10-11,15H,4,7-9,12-14H2,1-3H3,(H2,17,18,19);1H. The molecule has 0 radical (unpaired) electrons. The Bertz CT molecular complexity index is 380. The average Bonchev–Trinajstić information content (AvgIpc) is 2.95. The van der Waals surface area contributed by atoms with Gasteiger partial charge in [-0.15, -0.1) is 24.0 Å². The number of hydrogen-bond acceptors (Lipinski definition) is 2. The lowest BCUT2D eigenvalue weighted by atomic mass is 10.2. The fourth-order valence-corrected chi connectivity index (χ4v) is 1.84. The molecule has 0 amide bonds. The van der Waals surface area contributed by atoms with Crippen LogP contribution in [0.25, 0.3) is 0 Å². The van der Waals surface area contributed by atoms with E-state index in [1.54, 1.807) is 0 Å². The second kappa shape index (κ2) is 13.9. The molecule has 0 aliphatic heterocycles. The number of aliphatic imine (C=N–C) groups is 1. The lowest BCUT2D eigenvalue weighted by molar-refractivity contribution is 0.109. The summed E-state index contributed by atoms with van der Waals surface area (Å²) in [6.45, 7) is 11.5. The predicted octanol–water partition coefficient (Wildman–Crippen LogP) is 2.72. The summed E-state index contributed by atoms with van der Waals surface area (Å²) in [6, 6.07) is 4.08. The first-order valence-corrected chi connectivity index (χ1v) is 7.93. The lowest BCUT2D eigenvalue weighted by Gasteiger charge is -2.12. The number of rotatable bonds is 10. The van der Waals surface area contributed by atoms with Gasteiger partial charge in [0.2, 0.25) is 0 Å². The molecule has 0 bridgehead atoms. The lowest BCUT2D eigenvalue weighted by Crippen LogP contribution is -2.38. The highest BCUT2D eigenvalue weighted by Gasteiger charge is 1.97. The Morgan fingerprint density at radius 1 is 1.23 bits per heavy atom. The van der Waals surface area contributed by atoms with Crippen LogP contribution in [0.3, 0.4) is 0 Å². The normalized spacial score (nSPS) is 11.4. The van der Waals surface area contributed by atoms with E-state index in [0.29, 0.717) is 5.92 Å². The van der Waals surface area contributed by atoms with Crippen LogP contribution in [0.5, 0.6) is 0 Å². The predicted molar refractivity (Wildman–Crippen MR) is 104 cm³/mol. The fraction of sp³-hybridized carbons (Fsp3) is 0.688. The molecule has 0 saturated carbocycles. The minimum Gasteiger partial charge on any atom is -0.381 e. The summed E-state index contributed by atoms with van der Waals surface area (Å²) in [6.07, 6.45) is 5.09. The number of aromatic nitrogens is 1. The van der Waals surface area contributed by atoms with Gasteiger partial charge in [-0.3, -0.25) is 4.99 Å². The van der Waals surface area contributed by atoms with Crippen molar-refractivity contribution in [1.29, 1.82) is 0 Å². The van der Waals surface area contributed by atoms with Crippen LogP contribution in [0.2, 0.25) is 0 Å². The number of hydrogen-bond donors (Lipinski definition) is 2. The molecule has 1 rings (SSSR count). The first-order valence-electron chi connectivity index (χ1n) is 7.93. The molecule has 5 nitrogen and oxygen atoms in total. The Hall–Kier alpha value is -0.760. The van der Waals surface area contributed by atoms with Crippen molar-refractivity contribution in [2.75, 3.05) is 32.8 Å². The first kappa shape index (κ1) is 21.2. The van der Waals surface area contributed by atoms with Gasteiger partial charge >= 0.3 is 0 Å². The van der Waals surface area contributed by atoms with Crippen LogP contribution in [0.4, 0.5) is 0 Å². The SMILES string of the molecule is CCNC(=NCCCOCC(C)C)NCCn1cccc1.I. The highest BCUT2D eigenvalue weighted by atomic mass is 127. The maximum Gasteiger partial charge on any atom is 0.191 e. The average molecular weight is 422 g/mol. The number of ether oxygens (including phenoxy) is 1. The van der Waals surface area contributed by atoms with Gasteiger partial charge in [-0.2, -0.15) is 0 Å². The van der Waals surface area contributed by atoms with Crippen molar-refractivity contribution in [3.63, 3.8) is 0 Å². The molecule has 1 aromatic heterocycles. The van der Waals surface area contributed by atoms with E-state index in [-0.39, 0.29) is 24.0 Å². The number of nitrogens with zero attached hydrogens (tertiary/aromatic N) is 2. The summed E-state index contributed by atoms with van der Waals surface area (Å²) in [5.74, 6) is 1.48. The van der Waals surface area contributed by atoms with Crippen molar-refractivity contribution in [2.45, 2.75) is 33.7 Å². The van der Waals surface area contributed by atoms with Crippen LogP contribution in [-0.4, -0.2) is 43.4 Å². The topological polar surface area (TPSA) is 50.6 Å². The number of guanidine groups is 1. The molecule has 0 aromatic carbocycles. The Kier molecular flexibility index (Phi) is 13.4. The van der Waals surface area contributed by atoms with Crippen molar-refractivity contribution in [3.8, 4) is 0 Å². The van der Waals surface area contributed by atoms with Gasteiger partial charge in [-0.05, 0) is 31.4 Å². The van der Waals surface area contributed by atoms with Crippen molar-refractivity contribution >= 4 is 29.9 Å². The molecule has 128 valence electrons. The molecule has 2 N–H and O–H groups in total. The van der Waals surface area contributed by atoms with Crippen LogP contribution < -0.4 is 10.6 Å². The van der Waals surface area contributed by atoms with Crippen LogP contribution in [0.15, 0.2) is 29.5 Å². The van der Waals surface area contributed by atoms with Gasteiger partial charge in [0.05, 0.1) is 0 Å². The van der Waals surface area contributed by atoms with E-state index in [9.17, 15) is 0 Å². The summed E-state index contributed by atoms with van der Waals surface area (Å²) in [5.41, 5.74) is 0. The Labute approximate surface area is 151 Å². The second-order valence-electron chi connectivity index (χ2n) is 5.43. The molecular formula is C16H31IN4O. The van der Waals surface area contributed by atoms with Gasteiger partial charge in [0.25, 0.3) is 0 Å². The fourth-order valence-electron chi connectivity index (χ4n) is 1.84. The molecule has 1 heterocycles. The van der Waals surface area contributed by atoms with Crippen LogP contribution >= 0.6 is 24.0 Å². The van der Waals surface area contributed by atoms with Crippen molar-refractivity contribution in [2.24, 2.45) is 10.9 Å². The van der Waals surface area contributed by atoms with E-state index >= 15 is 0 Å². The minimum absolute atomic E-state index is 0. The highest BCUT2D eigenvalue weighted by molar-refractivity contribution is 14.0. The number of halogens is 1. The van der Waals surface area contributed by atoms with E-state index in [1.165, 1.54) is 0 Å². The Balaban J connectivity index is 0.00000441. The second-order valence-corrected chi connectivity index (χ2v) is 5.43. The summed E-state index contributed by atoms with van der Waals surface area (Å²) >= 11 is 0. The smallest absolute Gasteiger partial charge is 0.191 e. The summed E-state index contributed by atoms with van der Waals surface area (Å²) < 4.78 is 7.70. The van der Waals surface area contributed by atoms with Gasteiger partial charge in [0, 0.05) is 51.8 Å². The van der Waals surface area contributed by atoms with Gasteiger partial charge in [0.1, 0.15) is 0 Å². The molecular weight excluding hydrogens is 391 g/mol. The van der Waals surface area contributed by atoms with Gasteiger partial charge in [-0.25, -0.2) is 0 Å². The Morgan fingerprint density at radius 2 is 1.95 bits per heavy atom. The molecule has 6 heteroatoms. The molecule has 0 fully saturated rings. The molecule has 1 aromatic rings. The van der Waals surface area contributed by atoms with Crippen LogP contribution in [-0.2, 0) is 11.3 Å². The zero-order valence-electron chi connectivity index (χ0n) is 14.0. The van der Waals surface area contributed by atoms with E-state index in [0.717, 1.165) is 51.8 Å². The first-order chi connectivity index (χ1) is 10.2. The molecule has 0 saturated heterocycles. The summed E-state index contributed by atoms with van der Waals surface area (Å²) in [7, 11) is 0. The van der Waals surface area contributed by atoms with E-state index in [2.05, 4.69) is 53.4 Å². The third-order valence-corrected chi connectivity index (χ3v) is 2.84. The van der Waals surface area contributed by atoms with Crippen molar-refractivity contribution in [3.05, 3.63) is 24.5 Å². The maximum absolute atomic E-state index is 5.55. The van der Waals surface area contributed by atoms with Gasteiger partial charge in [-0.1, -0.05) is 13.8 Å². The molecule has 0 unspecified atom stereocenters. The van der Waals surface area contributed by atoms with Crippen molar-refractivity contribution in [1.82, 2.24) is 15.2 Å². The van der Waals surface area contributed by atoms with E-state index in [4.69, 9.17) is 4.74 Å². The highest BCUT2D eigenvalue weighted by Crippen LogP contribution is 1.93. The third kappa shape index (κ3) is 10.9. The minimum atomic E-state index is 0. The maximum atomic E-state index is 5.55. The Morgan fingerprint density at radius 3 is 2.59 bits per heavy atom. The van der Waals surface area contributed by atoms with Crippen molar-refractivity contribution < 1.29 is 4.74 Å². The molecule has 0 atom stereocenters. The molecule has 0 aliphatic carbocycles. The quantitative estimate of drug-likeness (QED) is 0.264. The van der Waals surface area contributed by atoms with Gasteiger partial charge < -0.3 is 19.9 Å². The van der Waals surface area contributed by atoms with Crippen LogP contribution in [0.1, 0.15) is 27.2 Å². The molecule has 22 heavy (non-hydrogen) atoms. The summed E-state index contributed by atoms with van der Waals surface area (Å²) in [5, 5.41) is 6.61. The summed E-state index contributed by atoms with van der Waals surface area (Å²) in [4.78, 5) is 4.55. The largest absolute Gasteiger partial charge is 0.381 e. The zero-order valence-corrected chi connectivity index (χ0v) is 16.4. The van der Waals surface area contributed by atoms with Gasteiger partial charge in [0.15, 0.2) is 5.96 Å². The molecule has 0 aliphatic rings. The van der Waals surface area contributed by atoms with E-state index < -0.39 is 0 Å².